The Morgan fingerprint density at radius 2 is 1.42 bits per heavy atom. The van der Waals surface area contributed by atoms with Gasteiger partial charge in [-0.25, -0.2) is 37.5 Å². The summed E-state index contributed by atoms with van der Waals surface area (Å²) in [6.07, 6.45) is -5.63. The van der Waals surface area contributed by atoms with Gasteiger partial charge in [0.2, 0.25) is 0 Å². The minimum Gasteiger partial charge on any atom is -0.368 e. The van der Waals surface area contributed by atoms with Gasteiger partial charge in [0, 0.05) is 12.3 Å². The van der Waals surface area contributed by atoms with Crippen molar-refractivity contribution in [1.82, 2.24) is 19.9 Å². The Balaban J connectivity index is 2.04. The van der Waals surface area contributed by atoms with E-state index in [0.29, 0.717) is 5.75 Å². The third kappa shape index (κ3) is 5.08. The number of aryl methyl sites for hydroxylation is 2. The summed E-state index contributed by atoms with van der Waals surface area (Å²) < 4.78 is 51.6. The first-order valence-electron chi connectivity index (χ1n) is 7.21. The standard InChI is InChI=1S/C14H13Cl2F4N5S/c1-5-22-9(11(17)18)7(15)13(24-5)21-3-4-26-14-8(16)10(12(19)20)23-6(2)25-14/h11-12H,3-4H2,1-2H3,(H,21,22,24). The highest BCUT2D eigenvalue weighted by Crippen LogP contribution is 2.33. The van der Waals surface area contributed by atoms with Crippen molar-refractivity contribution in [3.8, 4) is 0 Å². The summed E-state index contributed by atoms with van der Waals surface area (Å²) in [5, 5.41) is 2.58. The first-order chi connectivity index (χ1) is 12.2. The number of hydrogen-bond donors (Lipinski definition) is 1. The van der Waals surface area contributed by atoms with E-state index in [1.807, 2.05) is 0 Å². The van der Waals surface area contributed by atoms with Gasteiger partial charge in [-0.05, 0) is 13.8 Å². The number of aromatic nitrogens is 4. The van der Waals surface area contributed by atoms with Gasteiger partial charge in [-0.2, -0.15) is 0 Å². The Bertz CT molecular complexity index is 729. The number of rotatable bonds is 7. The number of nitrogens with one attached hydrogen (secondary N) is 1. The fraction of sp³-hybridized carbons (Fsp3) is 0.429. The Labute approximate surface area is 160 Å². The predicted molar refractivity (Wildman–Crippen MR) is 92.7 cm³/mol. The van der Waals surface area contributed by atoms with Gasteiger partial charge in [0.05, 0.1) is 0 Å². The normalized spacial score (nSPS) is 11.5. The fourth-order valence-electron chi connectivity index (χ4n) is 1.95. The van der Waals surface area contributed by atoms with Crippen LogP contribution in [0.3, 0.4) is 0 Å². The summed E-state index contributed by atoms with van der Waals surface area (Å²) in [6, 6.07) is 0. The van der Waals surface area contributed by atoms with Crippen LogP contribution in [0.5, 0.6) is 0 Å². The molecule has 0 radical (unpaired) electrons. The first-order valence-corrected chi connectivity index (χ1v) is 8.95. The number of hydrogen-bond acceptors (Lipinski definition) is 6. The first kappa shape index (κ1) is 20.9. The number of nitrogens with zero attached hydrogens (tertiary/aromatic N) is 4. The minimum absolute atomic E-state index is 0.0771. The van der Waals surface area contributed by atoms with Gasteiger partial charge >= 0.3 is 0 Å². The summed E-state index contributed by atoms with van der Waals surface area (Å²) in [7, 11) is 0. The molecule has 26 heavy (non-hydrogen) atoms. The zero-order chi connectivity index (χ0) is 19.4. The molecule has 0 aliphatic carbocycles. The third-order valence-electron chi connectivity index (χ3n) is 2.99. The SMILES string of the molecule is Cc1nc(NCCSc2nc(C)nc(C(F)F)c2Cl)c(Cl)c(C(F)F)n1. The summed E-state index contributed by atoms with van der Waals surface area (Å²) in [4.78, 5) is 15.3. The number of anilines is 1. The molecule has 0 spiro atoms. The third-order valence-corrected chi connectivity index (χ3v) is 4.83. The van der Waals surface area contributed by atoms with Crippen LogP contribution in [0.4, 0.5) is 23.4 Å². The van der Waals surface area contributed by atoms with Crippen LogP contribution in [-0.2, 0) is 0 Å². The van der Waals surface area contributed by atoms with Gasteiger partial charge in [-0.3, -0.25) is 0 Å². The predicted octanol–water partition coefficient (Wildman–Crippen LogP) is 5.27. The molecule has 142 valence electrons. The maximum Gasteiger partial charge on any atom is 0.282 e. The lowest BCUT2D eigenvalue weighted by molar-refractivity contribution is 0.145. The van der Waals surface area contributed by atoms with Crippen molar-refractivity contribution in [2.24, 2.45) is 0 Å². The number of thioether (sulfide) groups is 1. The van der Waals surface area contributed by atoms with E-state index >= 15 is 0 Å². The Morgan fingerprint density at radius 3 is 2.00 bits per heavy atom. The van der Waals surface area contributed by atoms with Gasteiger partial charge in [-0.15, -0.1) is 11.8 Å². The van der Waals surface area contributed by atoms with Crippen molar-refractivity contribution in [2.75, 3.05) is 17.6 Å². The van der Waals surface area contributed by atoms with E-state index in [9.17, 15) is 17.6 Å². The Hall–Kier alpha value is -1.39. The van der Waals surface area contributed by atoms with E-state index in [2.05, 4.69) is 25.3 Å². The maximum absolute atomic E-state index is 12.9. The van der Waals surface area contributed by atoms with Crippen LogP contribution in [0.1, 0.15) is 35.9 Å². The van der Waals surface area contributed by atoms with Crippen molar-refractivity contribution < 1.29 is 17.6 Å². The molecule has 0 saturated heterocycles. The summed E-state index contributed by atoms with van der Waals surface area (Å²) >= 11 is 12.9. The second-order valence-corrected chi connectivity index (χ2v) is 6.81. The quantitative estimate of drug-likeness (QED) is 0.280. The molecule has 0 fully saturated rings. The van der Waals surface area contributed by atoms with E-state index in [-0.39, 0.29) is 39.1 Å². The van der Waals surface area contributed by atoms with E-state index in [1.54, 1.807) is 0 Å². The molecular formula is C14H13Cl2F4N5S. The molecule has 2 aromatic rings. The van der Waals surface area contributed by atoms with Crippen molar-refractivity contribution in [3.63, 3.8) is 0 Å². The highest BCUT2D eigenvalue weighted by molar-refractivity contribution is 7.99. The van der Waals surface area contributed by atoms with Crippen molar-refractivity contribution in [2.45, 2.75) is 31.7 Å². The van der Waals surface area contributed by atoms with E-state index in [1.165, 1.54) is 13.8 Å². The second kappa shape index (κ2) is 9.01. The highest BCUT2D eigenvalue weighted by atomic mass is 35.5. The molecule has 2 aromatic heterocycles. The van der Waals surface area contributed by atoms with Crippen LogP contribution in [0, 0.1) is 13.8 Å². The molecule has 2 heterocycles. The molecule has 0 atom stereocenters. The highest BCUT2D eigenvalue weighted by Gasteiger charge is 2.20. The molecule has 0 unspecified atom stereocenters. The van der Waals surface area contributed by atoms with Gasteiger partial charge in [0.25, 0.3) is 12.9 Å². The van der Waals surface area contributed by atoms with Crippen molar-refractivity contribution in [3.05, 3.63) is 33.1 Å². The lowest BCUT2D eigenvalue weighted by Crippen LogP contribution is -2.10. The van der Waals surface area contributed by atoms with Crippen LogP contribution < -0.4 is 5.32 Å². The van der Waals surface area contributed by atoms with Gasteiger partial charge in [0.15, 0.2) is 0 Å². The average molecular weight is 430 g/mol. The molecule has 0 amide bonds. The molecule has 0 aliphatic heterocycles. The lowest BCUT2D eigenvalue weighted by atomic mass is 10.3. The maximum atomic E-state index is 12.9. The number of alkyl halides is 4. The minimum atomic E-state index is -2.82. The molecule has 12 heteroatoms. The monoisotopic (exact) mass is 429 g/mol. The van der Waals surface area contributed by atoms with Gasteiger partial charge < -0.3 is 5.32 Å². The Morgan fingerprint density at radius 1 is 0.885 bits per heavy atom. The van der Waals surface area contributed by atoms with Crippen molar-refractivity contribution in [1.29, 1.82) is 0 Å². The lowest BCUT2D eigenvalue weighted by Gasteiger charge is -2.12. The van der Waals surface area contributed by atoms with Crippen LogP contribution in [0.25, 0.3) is 0 Å². The van der Waals surface area contributed by atoms with Crippen LogP contribution in [-0.4, -0.2) is 32.2 Å². The average Bonchev–Trinajstić information content (AvgIpc) is 2.56. The van der Waals surface area contributed by atoms with Crippen LogP contribution in [0.2, 0.25) is 10.0 Å². The van der Waals surface area contributed by atoms with E-state index < -0.39 is 24.2 Å². The topological polar surface area (TPSA) is 63.6 Å². The largest absolute Gasteiger partial charge is 0.368 e. The fourth-order valence-corrected chi connectivity index (χ4v) is 3.34. The summed E-state index contributed by atoms with van der Waals surface area (Å²) in [5.74, 6) is 0.753. The molecule has 2 rings (SSSR count). The molecule has 0 bridgehead atoms. The van der Waals surface area contributed by atoms with Gasteiger partial charge in [0.1, 0.15) is 43.9 Å². The molecular weight excluding hydrogens is 417 g/mol. The number of halogens is 6. The smallest absolute Gasteiger partial charge is 0.282 e. The summed E-state index contributed by atoms with van der Waals surface area (Å²) in [6.45, 7) is 3.21. The van der Waals surface area contributed by atoms with Crippen LogP contribution >= 0.6 is 35.0 Å². The van der Waals surface area contributed by atoms with Gasteiger partial charge in [-0.1, -0.05) is 23.2 Å². The van der Waals surface area contributed by atoms with Crippen molar-refractivity contribution >= 4 is 40.8 Å². The van der Waals surface area contributed by atoms with E-state index in [0.717, 1.165) is 11.8 Å². The molecule has 0 aromatic carbocycles. The summed E-state index contributed by atoms with van der Waals surface area (Å²) in [5.41, 5.74) is -1.07. The molecule has 0 aliphatic rings. The second-order valence-electron chi connectivity index (χ2n) is 4.97. The zero-order valence-corrected chi connectivity index (χ0v) is 15.9. The van der Waals surface area contributed by atoms with Crippen LogP contribution in [0.15, 0.2) is 5.03 Å². The molecule has 0 saturated carbocycles. The Kier molecular flexibility index (Phi) is 7.24. The zero-order valence-electron chi connectivity index (χ0n) is 13.5. The molecule has 1 N–H and O–H groups in total. The molecule has 5 nitrogen and oxygen atoms in total. The van der Waals surface area contributed by atoms with E-state index in [4.69, 9.17) is 23.2 Å².